The van der Waals surface area contributed by atoms with Gasteiger partial charge in [-0.3, -0.25) is 4.79 Å². The largest absolute Gasteiger partial charge is 0.466 e. The SMILES string of the molecule is CCOC(=O)[C@@H]1C[C@H](N)[C@@H](N)[C@H](OC(CC)CC)[C@@H]1Sc1ccc(C)cc1. The van der Waals surface area contributed by atoms with Crippen molar-refractivity contribution in [3.05, 3.63) is 29.8 Å². The summed E-state index contributed by atoms with van der Waals surface area (Å²) >= 11 is 1.65. The summed E-state index contributed by atoms with van der Waals surface area (Å²) < 4.78 is 11.8. The van der Waals surface area contributed by atoms with Crippen LogP contribution in [0.15, 0.2) is 29.2 Å². The normalized spacial score (nSPS) is 28.3. The predicted octanol–water partition coefficient (Wildman–Crippen LogP) is 3.27. The summed E-state index contributed by atoms with van der Waals surface area (Å²) in [6.45, 7) is 8.45. The van der Waals surface area contributed by atoms with Gasteiger partial charge in [-0.2, -0.15) is 0 Å². The molecule has 0 radical (unpaired) electrons. The first-order chi connectivity index (χ1) is 12.9. The summed E-state index contributed by atoms with van der Waals surface area (Å²) in [5, 5.41) is -0.123. The molecular weight excluding hydrogens is 360 g/mol. The fraction of sp³-hybridized carbons (Fsp3) is 0.667. The molecule has 0 bridgehead atoms. The molecule has 5 atom stereocenters. The van der Waals surface area contributed by atoms with E-state index in [1.54, 1.807) is 11.8 Å². The van der Waals surface area contributed by atoms with Gasteiger partial charge in [0, 0.05) is 17.0 Å². The van der Waals surface area contributed by atoms with E-state index in [2.05, 4.69) is 45.0 Å². The maximum Gasteiger partial charge on any atom is 0.310 e. The third-order valence-electron chi connectivity index (χ3n) is 5.26. The Morgan fingerprint density at radius 3 is 2.37 bits per heavy atom. The molecule has 0 unspecified atom stereocenters. The Morgan fingerprint density at radius 2 is 1.81 bits per heavy atom. The molecule has 1 aliphatic carbocycles. The zero-order valence-electron chi connectivity index (χ0n) is 16.9. The van der Waals surface area contributed by atoms with Gasteiger partial charge < -0.3 is 20.9 Å². The predicted molar refractivity (Wildman–Crippen MR) is 111 cm³/mol. The zero-order chi connectivity index (χ0) is 20.0. The van der Waals surface area contributed by atoms with E-state index in [0.717, 1.165) is 17.7 Å². The van der Waals surface area contributed by atoms with Gasteiger partial charge in [0.05, 0.1) is 30.0 Å². The van der Waals surface area contributed by atoms with Gasteiger partial charge in [0.25, 0.3) is 0 Å². The summed E-state index contributed by atoms with van der Waals surface area (Å²) in [5.41, 5.74) is 14.0. The Kier molecular flexibility index (Phi) is 8.61. The molecule has 2 rings (SSSR count). The molecule has 0 heterocycles. The van der Waals surface area contributed by atoms with Crippen LogP contribution in [0.2, 0.25) is 0 Å². The van der Waals surface area contributed by atoms with Gasteiger partial charge in [0.2, 0.25) is 0 Å². The van der Waals surface area contributed by atoms with Crippen LogP contribution in [0.25, 0.3) is 0 Å². The molecule has 1 aliphatic rings. The average Bonchev–Trinajstić information content (AvgIpc) is 2.66. The lowest BCUT2D eigenvalue weighted by molar-refractivity contribution is -0.152. The van der Waals surface area contributed by atoms with Crippen molar-refractivity contribution in [2.45, 2.75) is 81.4 Å². The highest BCUT2D eigenvalue weighted by Crippen LogP contribution is 2.40. The Bertz CT molecular complexity index is 592. The molecule has 27 heavy (non-hydrogen) atoms. The van der Waals surface area contributed by atoms with Crippen LogP contribution in [-0.2, 0) is 14.3 Å². The van der Waals surface area contributed by atoms with E-state index >= 15 is 0 Å². The Balaban J connectivity index is 2.33. The zero-order valence-corrected chi connectivity index (χ0v) is 17.7. The molecule has 4 N–H and O–H groups in total. The Hall–Kier alpha value is -1.08. The van der Waals surface area contributed by atoms with Gasteiger partial charge in [0.15, 0.2) is 0 Å². The second kappa shape index (κ2) is 10.5. The first-order valence-corrected chi connectivity index (χ1v) is 10.9. The highest BCUT2D eigenvalue weighted by atomic mass is 32.2. The molecule has 0 aromatic heterocycles. The highest BCUT2D eigenvalue weighted by Gasteiger charge is 2.47. The first-order valence-electron chi connectivity index (χ1n) is 9.97. The van der Waals surface area contributed by atoms with Crippen molar-refractivity contribution in [3.63, 3.8) is 0 Å². The van der Waals surface area contributed by atoms with Crippen LogP contribution in [0, 0.1) is 12.8 Å². The number of ether oxygens (including phenoxy) is 2. The number of nitrogens with two attached hydrogens (primary N) is 2. The van der Waals surface area contributed by atoms with Crippen LogP contribution in [0.4, 0.5) is 0 Å². The number of hydrogen-bond donors (Lipinski definition) is 2. The molecule has 0 aliphatic heterocycles. The molecule has 0 spiro atoms. The summed E-state index contributed by atoms with van der Waals surface area (Å²) in [5.74, 6) is -0.534. The van der Waals surface area contributed by atoms with Crippen LogP contribution in [-0.4, -0.2) is 42.1 Å². The molecular formula is C21H34N2O3S. The molecule has 6 heteroatoms. The molecule has 152 valence electrons. The number of rotatable bonds is 8. The van der Waals surface area contributed by atoms with Crippen molar-refractivity contribution in [3.8, 4) is 0 Å². The molecule has 1 aromatic carbocycles. The lowest BCUT2D eigenvalue weighted by atomic mass is 9.80. The van der Waals surface area contributed by atoms with Crippen molar-refractivity contribution in [2.75, 3.05) is 6.61 Å². The number of aryl methyl sites for hydroxylation is 1. The Morgan fingerprint density at radius 1 is 1.19 bits per heavy atom. The highest BCUT2D eigenvalue weighted by molar-refractivity contribution is 8.00. The van der Waals surface area contributed by atoms with Gasteiger partial charge in [-0.1, -0.05) is 31.5 Å². The van der Waals surface area contributed by atoms with Crippen LogP contribution >= 0.6 is 11.8 Å². The van der Waals surface area contributed by atoms with Crippen molar-refractivity contribution in [1.82, 2.24) is 0 Å². The first kappa shape index (κ1) is 22.2. The molecule has 0 saturated heterocycles. The van der Waals surface area contributed by atoms with Crippen LogP contribution in [0.3, 0.4) is 0 Å². The van der Waals surface area contributed by atoms with Crippen molar-refractivity contribution >= 4 is 17.7 Å². The number of benzene rings is 1. The fourth-order valence-electron chi connectivity index (χ4n) is 3.55. The van der Waals surface area contributed by atoms with E-state index in [-0.39, 0.29) is 41.4 Å². The second-order valence-electron chi connectivity index (χ2n) is 7.27. The van der Waals surface area contributed by atoms with Crippen LogP contribution in [0.5, 0.6) is 0 Å². The summed E-state index contributed by atoms with van der Waals surface area (Å²) in [7, 11) is 0. The van der Waals surface area contributed by atoms with E-state index in [0.29, 0.717) is 13.0 Å². The minimum absolute atomic E-state index is 0.107. The molecule has 5 nitrogen and oxygen atoms in total. The topological polar surface area (TPSA) is 87.6 Å². The van der Waals surface area contributed by atoms with Gasteiger partial charge >= 0.3 is 5.97 Å². The molecule has 1 saturated carbocycles. The van der Waals surface area contributed by atoms with Gasteiger partial charge in [-0.05, 0) is 45.2 Å². The Labute approximate surface area is 167 Å². The molecule has 1 fully saturated rings. The number of thioether (sulfide) groups is 1. The van der Waals surface area contributed by atoms with E-state index in [4.69, 9.17) is 20.9 Å². The third kappa shape index (κ3) is 5.70. The smallest absolute Gasteiger partial charge is 0.310 e. The molecule has 0 amide bonds. The lowest BCUT2D eigenvalue weighted by Gasteiger charge is -2.44. The third-order valence-corrected chi connectivity index (χ3v) is 6.68. The van der Waals surface area contributed by atoms with Crippen molar-refractivity contribution in [2.24, 2.45) is 17.4 Å². The van der Waals surface area contributed by atoms with E-state index in [1.165, 1.54) is 5.56 Å². The van der Waals surface area contributed by atoms with Crippen molar-refractivity contribution < 1.29 is 14.3 Å². The quantitative estimate of drug-likeness (QED) is 0.658. The second-order valence-corrected chi connectivity index (χ2v) is 8.52. The summed E-state index contributed by atoms with van der Waals surface area (Å²) in [6, 6.07) is 7.72. The monoisotopic (exact) mass is 394 g/mol. The number of esters is 1. The van der Waals surface area contributed by atoms with E-state index in [1.807, 2.05) is 6.92 Å². The lowest BCUT2D eigenvalue weighted by Crippen LogP contribution is -2.62. The fourth-order valence-corrected chi connectivity index (χ4v) is 4.92. The number of carbonyl (C=O) groups excluding carboxylic acids is 1. The standard InChI is InChI=1S/C21H34N2O3S/c1-5-14(6-2)26-19-18(23)17(22)12-16(21(24)25-7-3)20(19)27-15-10-8-13(4)9-11-15/h8-11,14,16-20H,5-7,12,22-23H2,1-4H3/t16-,17+,18-,19+,20-/m1/s1. The maximum atomic E-state index is 12.7. The molecule has 1 aromatic rings. The average molecular weight is 395 g/mol. The van der Waals surface area contributed by atoms with Crippen LogP contribution < -0.4 is 11.5 Å². The van der Waals surface area contributed by atoms with E-state index < -0.39 is 0 Å². The summed E-state index contributed by atoms with van der Waals surface area (Å²) in [4.78, 5) is 13.8. The van der Waals surface area contributed by atoms with Gasteiger partial charge in [-0.25, -0.2) is 0 Å². The van der Waals surface area contributed by atoms with Crippen molar-refractivity contribution in [1.29, 1.82) is 0 Å². The van der Waals surface area contributed by atoms with Crippen LogP contribution in [0.1, 0.15) is 45.6 Å². The maximum absolute atomic E-state index is 12.7. The van der Waals surface area contributed by atoms with E-state index in [9.17, 15) is 4.79 Å². The number of hydrogen-bond acceptors (Lipinski definition) is 6. The van der Waals surface area contributed by atoms with Gasteiger partial charge in [-0.15, -0.1) is 11.8 Å². The van der Waals surface area contributed by atoms with Gasteiger partial charge in [0.1, 0.15) is 0 Å². The minimum Gasteiger partial charge on any atom is -0.466 e. The minimum atomic E-state index is -0.328. The number of carbonyl (C=O) groups is 1. The summed E-state index contributed by atoms with van der Waals surface area (Å²) in [6.07, 6.45) is 2.14.